The minimum atomic E-state index is -0.118. The van der Waals surface area contributed by atoms with Gasteiger partial charge in [0.2, 0.25) is 0 Å². The van der Waals surface area contributed by atoms with Crippen LogP contribution in [0.4, 0.5) is 0 Å². The first-order valence-electron chi connectivity index (χ1n) is 6.20. The Morgan fingerprint density at radius 1 is 1.50 bits per heavy atom. The van der Waals surface area contributed by atoms with Gasteiger partial charge in [-0.3, -0.25) is 4.79 Å². The van der Waals surface area contributed by atoms with E-state index in [2.05, 4.69) is 6.92 Å². The molecular weight excluding hydrogens is 206 g/mol. The van der Waals surface area contributed by atoms with E-state index in [1.54, 1.807) is 0 Å². The predicted octanol–water partition coefficient (Wildman–Crippen LogP) is 1.61. The molecule has 0 aromatic carbocycles. The number of carbonyl (C=O) groups is 1. The molecule has 0 spiro atoms. The highest BCUT2D eigenvalue weighted by Gasteiger charge is 2.26. The Bertz CT molecular complexity index is 220. The van der Waals surface area contributed by atoms with Crippen LogP contribution in [0.1, 0.15) is 46.0 Å². The summed E-state index contributed by atoms with van der Waals surface area (Å²) < 4.78 is 10.8. The molecule has 3 atom stereocenters. The SMILES string of the molecule is CCCCC(=O)OCC1CCC(N)[C@H](C)O1. The van der Waals surface area contributed by atoms with E-state index in [0.717, 1.165) is 25.7 Å². The van der Waals surface area contributed by atoms with Crippen LogP contribution in [0.25, 0.3) is 0 Å². The molecule has 1 heterocycles. The lowest BCUT2D eigenvalue weighted by molar-refractivity contribution is -0.152. The lowest BCUT2D eigenvalue weighted by Gasteiger charge is -2.32. The Morgan fingerprint density at radius 3 is 2.88 bits per heavy atom. The zero-order valence-electron chi connectivity index (χ0n) is 10.3. The molecule has 4 nitrogen and oxygen atoms in total. The Hall–Kier alpha value is -0.610. The Kier molecular flexibility index (Phi) is 5.77. The third kappa shape index (κ3) is 4.49. The molecule has 1 fully saturated rings. The number of esters is 1. The van der Waals surface area contributed by atoms with Crippen LogP contribution < -0.4 is 5.73 Å². The fourth-order valence-corrected chi connectivity index (χ4v) is 1.79. The molecule has 1 aliphatic heterocycles. The van der Waals surface area contributed by atoms with Gasteiger partial charge in [-0.2, -0.15) is 0 Å². The molecule has 2 N–H and O–H groups in total. The van der Waals surface area contributed by atoms with Crippen LogP contribution in [-0.2, 0) is 14.3 Å². The Labute approximate surface area is 97.5 Å². The highest BCUT2D eigenvalue weighted by molar-refractivity contribution is 5.69. The van der Waals surface area contributed by atoms with Gasteiger partial charge in [-0.25, -0.2) is 0 Å². The second-order valence-corrected chi connectivity index (χ2v) is 4.49. The van der Waals surface area contributed by atoms with Gasteiger partial charge in [-0.05, 0) is 26.2 Å². The monoisotopic (exact) mass is 229 g/mol. The van der Waals surface area contributed by atoms with Gasteiger partial charge >= 0.3 is 5.97 Å². The molecule has 0 aromatic rings. The Morgan fingerprint density at radius 2 is 2.25 bits per heavy atom. The third-order valence-corrected chi connectivity index (χ3v) is 3.00. The lowest BCUT2D eigenvalue weighted by atomic mass is 10.0. The lowest BCUT2D eigenvalue weighted by Crippen LogP contribution is -2.43. The van der Waals surface area contributed by atoms with Crippen molar-refractivity contribution in [3.8, 4) is 0 Å². The van der Waals surface area contributed by atoms with Crippen molar-refractivity contribution in [3.63, 3.8) is 0 Å². The molecule has 4 heteroatoms. The van der Waals surface area contributed by atoms with Crippen molar-refractivity contribution in [2.24, 2.45) is 5.73 Å². The standard InChI is InChI=1S/C12H23NO3/c1-3-4-5-12(14)15-8-10-6-7-11(13)9(2)16-10/h9-11H,3-8,13H2,1-2H3/t9-,10?,11?/m0/s1. The van der Waals surface area contributed by atoms with Gasteiger partial charge in [-0.15, -0.1) is 0 Å². The fourth-order valence-electron chi connectivity index (χ4n) is 1.79. The molecule has 1 rings (SSSR count). The largest absolute Gasteiger partial charge is 0.463 e. The summed E-state index contributed by atoms with van der Waals surface area (Å²) in [5.41, 5.74) is 5.83. The normalized spacial score (nSPS) is 30.1. The van der Waals surface area contributed by atoms with Crippen LogP contribution in [-0.4, -0.2) is 30.8 Å². The first kappa shape index (κ1) is 13.5. The van der Waals surface area contributed by atoms with E-state index in [-0.39, 0.29) is 24.2 Å². The zero-order chi connectivity index (χ0) is 12.0. The first-order valence-corrected chi connectivity index (χ1v) is 6.20. The van der Waals surface area contributed by atoms with Crippen LogP contribution in [0.2, 0.25) is 0 Å². The second-order valence-electron chi connectivity index (χ2n) is 4.49. The molecule has 0 saturated carbocycles. The van der Waals surface area contributed by atoms with Crippen LogP contribution in [0.15, 0.2) is 0 Å². The quantitative estimate of drug-likeness (QED) is 0.728. The number of nitrogens with two attached hydrogens (primary N) is 1. The van der Waals surface area contributed by atoms with Crippen molar-refractivity contribution in [2.75, 3.05) is 6.61 Å². The highest BCUT2D eigenvalue weighted by atomic mass is 16.6. The Balaban J connectivity index is 2.15. The van der Waals surface area contributed by atoms with Gasteiger partial charge in [0.15, 0.2) is 0 Å². The topological polar surface area (TPSA) is 61.5 Å². The molecule has 1 saturated heterocycles. The summed E-state index contributed by atoms with van der Waals surface area (Å²) in [5, 5.41) is 0. The number of carbonyl (C=O) groups excluding carboxylic acids is 1. The molecule has 0 bridgehead atoms. The van der Waals surface area contributed by atoms with Crippen LogP contribution >= 0.6 is 0 Å². The van der Waals surface area contributed by atoms with Gasteiger partial charge in [0.05, 0.1) is 12.2 Å². The molecule has 94 valence electrons. The molecular formula is C12H23NO3. The number of ether oxygens (including phenoxy) is 2. The maximum absolute atomic E-state index is 11.3. The van der Waals surface area contributed by atoms with E-state index < -0.39 is 0 Å². The molecule has 1 aliphatic rings. The summed E-state index contributed by atoms with van der Waals surface area (Å²) in [6.45, 7) is 4.40. The smallest absolute Gasteiger partial charge is 0.305 e. The van der Waals surface area contributed by atoms with E-state index in [9.17, 15) is 4.79 Å². The summed E-state index contributed by atoms with van der Waals surface area (Å²) in [5.74, 6) is -0.118. The minimum Gasteiger partial charge on any atom is -0.463 e. The maximum atomic E-state index is 11.3. The average Bonchev–Trinajstić information content (AvgIpc) is 2.28. The average molecular weight is 229 g/mol. The van der Waals surface area contributed by atoms with E-state index in [1.807, 2.05) is 6.92 Å². The number of hydrogen-bond acceptors (Lipinski definition) is 4. The van der Waals surface area contributed by atoms with Gasteiger partial charge in [0.25, 0.3) is 0 Å². The molecule has 2 unspecified atom stereocenters. The molecule has 0 radical (unpaired) electrons. The molecule has 16 heavy (non-hydrogen) atoms. The maximum Gasteiger partial charge on any atom is 0.305 e. The second kappa shape index (κ2) is 6.86. The fraction of sp³-hybridized carbons (Fsp3) is 0.917. The highest BCUT2D eigenvalue weighted by Crippen LogP contribution is 2.18. The van der Waals surface area contributed by atoms with Crippen molar-refractivity contribution >= 4 is 5.97 Å². The third-order valence-electron chi connectivity index (χ3n) is 3.00. The summed E-state index contributed by atoms with van der Waals surface area (Å²) in [6, 6.07) is 0.118. The van der Waals surface area contributed by atoms with Gasteiger partial charge in [0, 0.05) is 12.5 Å². The van der Waals surface area contributed by atoms with E-state index in [1.165, 1.54) is 0 Å². The predicted molar refractivity (Wildman–Crippen MR) is 62.0 cm³/mol. The molecule has 0 amide bonds. The summed E-state index contributed by atoms with van der Waals surface area (Å²) in [4.78, 5) is 11.3. The zero-order valence-corrected chi connectivity index (χ0v) is 10.3. The van der Waals surface area contributed by atoms with Gasteiger partial charge < -0.3 is 15.2 Å². The van der Waals surface area contributed by atoms with Crippen molar-refractivity contribution in [2.45, 2.75) is 64.2 Å². The summed E-state index contributed by atoms with van der Waals surface area (Å²) in [7, 11) is 0. The van der Waals surface area contributed by atoms with E-state index in [4.69, 9.17) is 15.2 Å². The van der Waals surface area contributed by atoms with E-state index >= 15 is 0 Å². The minimum absolute atomic E-state index is 0.0281. The van der Waals surface area contributed by atoms with Crippen molar-refractivity contribution in [1.29, 1.82) is 0 Å². The van der Waals surface area contributed by atoms with Gasteiger partial charge in [-0.1, -0.05) is 13.3 Å². The summed E-state index contributed by atoms with van der Waals surface area (Å²) in [6.07, 6.45) is 4.34. The van der Waals surface area contributed by atoms with Crippen molar-refractivity contribution in [3.05, 3.63) is 0 Å². The van der Waals surface area contributed by atoms with Crippen molar-refractivity contribution in [1.82, 2.24) is 0 Å². The molecule has 0 aromatic heterocycles. The van der Waals surface area contributed by atoms with Crippen LogP contribution in [0.5, 0.6) is 0 Å². The van der Waals surface area contributed by atoms with Crippen LogP contribution in [0, 0.1) is 0 Å². The van der Waals surface area contributed by atoms with E-state index in [0.29, 0.717) is 13.0 Å². The number of rotatable bonds is 5. The van der Waals surface area contributed by atoms with Crippen LogP contribution in [0.3, 0.4) is 0 Å². The van der Waals surface area contributed by atoms with Gasteiger partial charge in [0.1, 0.15) is 6.61 Å². The molecule has 0 aliphatic carbocycles. The number of hydrogen-bond donors (Lipinski definition) is 1. The summed E-state index contributed by atoms with van der Waals surface area (Å²) >= 11 is 0. The first-order chi connectivity index (χ1) is 7.63. The number of unbranched alkanes of at least 4 members (excludes halogenated alkanes) is 1. The van der Waals surface area contributed by atoms with Crippen molar-refractivity contribution < 1.29 is 14.3 Å².